The van der Waals surface area contributed by atoms with Gasteiger partial charge in [0.25, 0.3) is 0 Å². The van der Waals surface area contributed by atoms with E-state index in [4.69, 9.17) is 9.97 Å². The zero-order valence-corrected chi connectivity index (χ0v) is 14.2. The third-order valence-electron chi connectivity index (χ3n) is 5.27. The quantitative estimate of drug-likeness (QED) is 0.786. The molecule has 2 saturated carbocycles. The Morgan fingerprint density at radius 1 is 0.960 bits per heavy atom. The minimum Gasteiger partial charge on any atom is -0.351 e. The monoisotopic (exact) mass is 334 g/mol. The summed E-state index contributed by atoms with van der Waals surface area (Å²) in [6.45, 7) is 0. The standard InChI is InChI=1S/C19H22N6/c1-2-4-14(5-3-1)22-19-20-10-8-16(24-19)17-9-11-25-18(23-17)15(12-21-25)13-6-7-13/h8-14H,1-7H2,(H,20,22,24). The Bertz CT molecular complexity index is 892. The average Bonchev–Trinajstić information content (AvgIpc) is 3.41. The zero-order chi connectivity index (χ0) is 16.6. The summed E-state index contributed by atoms with van der Waals surface area (Å²) in [5.41, 5.74) is 3.96. The highest BCUT2D eigenvalue weighted by molar-refractivity contribution is 5.61. The summed E-state index contributed by atoms with van der Waals surface area (Å²) in [6, 6.07) is 4.40. The van der Waals surface area contributed by atoms with Crippen molar-refractivity contribution in [2.75, 3.05) is 5.32 Å². The van der Waals surface area contributed by atoms with Crippen LogP contribution >= 0.6 is 0 Å². The van der Waals surface area contributed by atoms with Crippen molar-refractivity contribution in [3.05, 3.63) is 36.3 Å². The highest BCUT2D eigenvalue weighted by Gasteiger charge is 2.27. The van der Waals surface area contributed by atoms with Gasteiger partial charge in [-0.05, 0) is 43.7 Å². The molecule has 6 heteroatoms. The molecule has 128 valence electrons. The number of aromatic nitrogens is 5. The molecule has 0 saturated heterocycles. The van der Waals surface area contributed by atoms with Gasteiger partial charge in [0.2, 0.25) is 5.95 Å². The summed E-state index contributed by atoms with van der Waals surface area (Å²) in [5, 5.41) is 7.91. The van der Waals surface area contributed by atoms with Gasteiger partial charge in [0.15, 0.2) is 5.65 Å². The van der Waals surface area contributed by atoms with Gasteiger partial charge in [-0.2, -0.15) is 5.10 Å². The molecule has 0 radical (unpaired) electrons. The van der Waals surface area contributed by atoms with Gasteiger partial charge in [-0.25, -0.2) is 19.5 Å². The fourth-order valence-corrected chi connectivity index (χ4v) is 3.71. The molecule has 0 atom stereocenters. The molecule has 0 aliphatic heterocycles. The van der Waals surface area contributed by atoms with Crippen molar-refractivity contribution in [2.45, 2.75) is 56.9 Å². The Morgan fingerprint density at radius 2 is 1.80 bits per heavy atom. The van der Waals surface area contributed by atoms with Crippen LogP contribution in [0.2, 0.25) is 0 Å². The minimum absolute atomic E-state index is 0.496. The maximum absolute atomic E-state index is 4.84. The summed E-state index contributed by atoms with van der Waals surface area (Å²) >= 11 is 0. The third-order valence-corrected chi connectivity index (χ3v) is 5.27. The van der Waals surface area contributed by atoms with E-state index in [2.05, 4.69) is 15.4 Å². The van der Waals surface area contributed by atoms with Crippen molar-refractivity contribution in [1.29, 1.82) is 0 Å². The van der Waals surface area contributed by atoms with Crippen LogP contribution in [-0.4, -0.2) is 30.6 Å². The van der Waals surface area contributed by atoms with Crippen LogP contribution in [0.4, 0.5) is 5.95 Å². The van der Waals surface area contributed by atoms with E-state index in [-0.39, 0.29) is 0 Å². The van der Waals surface area contributed by atoms with Gasteiger partial charge in [0, 0.05) is 24.0 Å². The fraction of sp³-hybridized carbons (Fsp3) is 0.474. The van der Waals surface area contributed by atoms with E-state index in [0.29, 0.717) is 17.9 Å². The predicted octanol–water partition coefficient (Wildman–Crippen LogP) is 3.81. The van der Waals surface area contributed by atoms with E-state index in [1.54, 1.807) is 0 Å². The topological polar surface area (TPSA) is 68.0 Å². The van der Waals surface area contributed by atoms with Crippen molar-refractivity contribution in [2.24, 2.45) is 0 Å². The molecule has 0 bridgehead atoms. The van der Waals surface area contributed by atoms with Crippen molar-refractivity contribution < 1.29 is 0 Å². The summed E-state index contributed by atoms with van der Waals surface area (Å²) < 4.78 is 1.86. The Balaban J connectivity index is 1.45. The first-order valence-corrected chi connectivity index (χ1v) is 9.31. The van der Waals surface area contributed by atoms with Gasteiger partial charge in [-0.1, -0.05) is 19.3 Å². The first-order valence-electron chi connectivity index (χ1n) is 9.31. The maximum atomic E-state index is 4.84. The molecule has 25 heavy (non-hydrogen) atoms. The number of rotatable bonds is 4. The molecule has 2 aliphatic rings. The van der Waals surface area contributed by atoms with Crippen molar-refractivity contribution in [3.8, 4) is 11.4 Å². The molecular weight excluding hydrogens is 312 g/mol. The number of nitrogens with zero attached hydrogens (tertiary/aromatic N) is 5. The van der Waals surface area contributed by atoms with E-state index in [1.807, 2.05) is 35.2 Å². The first kappa shape index (κ1) is 14.8. The average molecular weight is 334 g/mol. The first-order chi connectivity index (χ1) is 12.4. The summed E-state index contributed by atoms with van der Waals surface area (Å²) in [5.74, 6) is 1.34. The molecule has 0 spiro atoms. The van der Waals surface area contributed by atoms with Gasteiger partial charge in [0.1, 0.15) is 0 Å². The van der Waals surface area contributed by atoms with Crippen LogP contribution in [0.15, 0.2) is 30.7 Å². The van der Waals surface area contributed by atoms with Crippen LogP contribution in [0.1, 0.15) is 56.4 Å². The second-order valence-corrected chi connectivity index (χ2v) is 7.20. The smallest absolute Gasteiger partial charge is 0.223 e. The SMILES string of the molecule is c1cc(-c2ccn3ncc(C4CC4)c3n2)nc(NC2CCCCC2)n1. The highest BCUT2D eigenvalue weighted by atomic mass is 15.2. The second kappa shape index (κ2) is 6.10. The number of fused-ring (bicyclic) bond motifs is 1. The second-order valence-electron chi connectivity index (χ2n) is 7.20. The largest absolute Gasteiger partial charge is 0.351 e. The summed E-state index contributed by atoms with van der Waals surface area (Å²) in [7, 11) is 0. The van der Waals surface area contributed by atoms with Gasteiger partial charge < -0.3 is 5.32 Å². The van der Waals surface area contributed by atoms with E-state index in [0.717, 1.165) is 17.0 Å². The summed E-state index contributed by atoms with van der Waals surface area (Å²) in [4.78, 5) is 13.9. The van der Waals surface area contributed by atoms with Crippen molar-refractivity contribution in [3.63, 3.8) is 0 Å². The Morgan fingerprint density at radius 3 is 2.64 bits per heavy atom. The lowest BCUT2D eigenvalue weighted by atomic mass is 9.96. The highest BCUT2D eigenvalue weighted by Crippen LogP contribution is 2.41. The lowest BCUT2D eigenvalue weighted by molar-refractivity contribution is 0.461. The third kappa shape index (κ3) is 2.97. The molecule has 3 heterocycles. The number of nitrogens with one attached hydrogen (secondary N) is 1. The number of hydrogen-bond acceptors (Lipinski definition) is 5. The van der Waals surface area contributed by atoms with Gasteiger partial charge >= 0.3 is 0 Å². The van der Waals surface area contributed by atoms with E-state index < -0.39 is 0 Å². The molecule has 2 fully saturated rings. The molecule has 6 nitrogen and oxygen atoms in total. The van der Waals surface area contributed by atoms with Crippen molar-refractivity contribution in [1.82, 2.24) is 24.6 Å². The normalized spacial score (nSPS) is 18.6. The van der Waals surface area contributed by atoms with Gasteiger partial charge in [-0.3, -0.25) is 0 Å². The number of anilines is 1. The Kier molecular flexibility index (Phi) is 3.61. The molecule has 2 aliphatic carbocycles. The van der Waals surface area contributed by atoms with E-state index in [1.165, 1.54) is 50.5 Å². The van der Waals surface area contributed by atoms with Crippen LogP contribution in [0.25, 0.3) is 17.0 Å². The Labute approximate surface area is 146 Å². The molecule has 5 rings (SSSR count). The van der Waals surface area contributed by atoms with E-state index >= 15 is 0 Å². The molecule has 3 aromatic heterocycles. The van der Waals surface area contributed by atoms with Crippen LogP contribution in [-0.2, 0) is 0 Å². The zero-order valence-electron chi connectivity index (χ0n) is 14.2. The lowest BCUT2D eigenvalue weighted by Gasteiger charge is -2.22. The van der Waals surface area contributed by atoms with Crippen LogP contribution < -0.4 is 5.32 Å². The Hall–Kier alpha value is -2.50. The van der Waals surface area contributed by atoms with Crippen molar-refractivity contribution >= 4 is 11.6 Å². The van der Waals surface area contributed by atoms with Crippen LogP contribution in [0, 0.1) is 0 Å². The molecule has 3 aromatic rings. The maximum Gasteiger partial charge on any atom is 0.223 e. The molecule has 1 N–H and O–H groups in total. The van der Waals surface area contributed by atoms with Gasteiger partial charge in [-0.15, -0.1) is 0 Å². The van der Waals surface area contributed by atoms with Gasteiger partial charge in [0.05, 0.1) is 17.6 Å². The van der Waals surface area contributed by atoms with Crippen LogP contribution in [0.5, 0.6) is 0 Å². The molecule has 0 amide bonds. The molecular formula is C19H22N6. The molecule has 0 aromatic carbocycles. The predicted molar refractivity (Wildman–Crippen MR) is 96.5 cm³/mol. The fourth-order valence-electron chi connectivity index (χ4n) is 3.71. The molecule has 0 unspecified atom stereocenters. The van der Waals surface area contributed by atoms with Crippen LogP contribution in [0.3, 0.4) is 0 Å². The number of hydrogen-bond donors (Lipinski definition) is 1. The minimum atomic E-state index is 0.496. The van der Waals surface area contributed by atoms with E-state index in [9.17, 15) is 0 Å². The summed E-state index contributed by atoms with van der Waals surface area (Å²) in [6.07, 6.45) is 14.6. The lowest BCUT2D eigenvalue weighted by Crippen LogP contribution is -2.23.